The zero-order valence-electron chi connectivity index (χ0n) is 5.64. The van der Waals surface area contributed by atoms with Gasteiger partial charge in [0.05, 0.1) is 16.5 Å². The van der Waals surface area contributed by atoms with Crippen molar-refractivity contribution in [2.75, 3.05) is 0 Å². The van der Waals surface area contributed by atoms with Crippen molar-refractivity contribution in [2.24, 2.45) is 0 Å². The number of terminal acetylenes is 1. The molecule has 1 radical (unpaired) electrons. The first-order valence-corrected chi connectivity index (χ1v) is 3.74. The van der Waals surface area contributed by atoms with Gasteiger partial charge in [-0.3, -0.25) is 0 Å². The van der Waals surface area contributed by atoms with Crippen LogP contribution >= 0.6 is 23.2 Å². The van der Waals surface area contributed by atoms with Crippen LogP contribution in [0.4, 0.5) is 0 Å². The Balaban J connectivity index is 2.98. The van der Waals surface area contributed by atoms with Crippen molar-refractivity contribution in [1.29, 1.82) is 0 Å². The highest BCUT2D eigenvalue weighted by molar-refractivity contribution is 6.42. The van der Waals surface area contributed by atoms with Gasteiger partial charge in [-0.1, -0.05) is 35.2 Å². The summed E-state index contributed by atoms with van der Waals surface area (Å²) >= 11 is 11.4. The summed E-state index contributed by atoms with van der Waals surface area (Å²) in [5, 5.41) is 1.07. The summed E-state index contributed by atoms with van der Waals surface area (Å²) in [5.74, 6) is 2.40. The van der Waals surface area contributed by atoms with Gasteiger partial charge in [0.1, 0.15) is 0 Å². The maximum Gasteiger partial charge on any atom is 0.0628 e. The van der Waals surface area contributed by atoms with Gasteiger partial charge in [0.15, 0.2) is 0 Å². The molecule has 0 aromatic heterocycles. The van der Waals surface area contributed by atoms with Gasteiger partial charge >= 0.3 is 0 Å². The van der Waals surface area contributed by atoms with Crippen molar-refractivity contribution in [3.63, 3.8) is 0 Å². The number of rotatable bonds is 1. The third-order valence-corrected chi connectivity index (χ3v) is 1.93. The van der Waals surface area contributed by atoms with Crippen LogP contribution in [0.15, 0.2) is 18.2 Å². The predicted molar refractivity (Wildman–Crippen MR) is 48.7 cm³/mol. The molecular formula is C9H5Cl2. The monoisotopic (exact) mass is 183 g/mol. The van der Waals surface area contributed by atoms with Gasteiger partial charge < -0.3 is 0 Å². The van der Waals surface area contributed by atoms with E-state index in [4.69, 9.17) is 29.6 Å². The largest absolute Gasteiger partial charge is 0.119 e. The van der Waals surface area contributed by atoms with Crippen LogP contribution in [-0.4, -0.2) is 0 Å². The average Bonchev–Trinajstić information content (AvgIpc) is 1.98. The smallest absolute Gasteiger partial charge is 0.0628 e. The molecule has 1 aromatic rings. The van der Waals surface area contributed by atoms with E-state index < -0.39 is 0 Å². The molecule has 0 N–H and O–H groups in total. The van der Waals surface area contributed by atoms with Crippen molar-refractivity contribution >= 4 is 23.2 Å². The van der Waals surface area contributed by atoms with Gasteiger partial charge in [-0.25, -0.2) is 0 Å². The van der Waals surface area contributed by atoms with Crippen LogP contribution in [-0.2, 0) is 0 Å². The van der Waals surface area contributed by atoms with Crippen molar-refractivity contribution < 1.29 is 0 Å². The molecule has 0 amide bonds. The molecule has 0 atom stereocenters. The minimum absolute atomic E-state index is 0.524. The molecule has 0 heterocycles. The molecule has 55 valence electrons. The normalized spacial score (nSPS) is 9.18. The Labute approximate surface area is 76.1 Å². The fraction of sp³-hybridized carbons (Fsp3) is 0. The van der Waals surface area contributed by atoms with E-state index in [1.165, 1.54) is 0 Å². The Kier molecular flexibility index (Phi) is 2.82. The Morgan fingerprint density at radius 2 is 2.00 bits per heavy atom. The average molecular weight is 184 g/mol. The van der Waals surface area contributed by atoms with Crippen LogP contribution in [0.5, 0.6) is 0 Å². The third kappa shape index (κ3) is 2.15. The molecule has 1 aromatic carbocycles. The minimum atomic E-state index is 0.524. The Morgan fingerprint density at radius 3 is 2.55 bits per heavy atom. The number of halogens is 2. The first-order chi connectivity index (χ1) is 5.24. The van der Waals surface area contributed by atoms with E-state index in [-0.39, 0.29) is 0 Å². The van der Waals surface area contributed by atoms with Crippen LogP contribution in [0.3, 0.4) is 0 Å². The van der Waals surface area contributed by atoms with E-state index in [1.54, 1.807) is 18.6 Å². The SMILES string of the molecule is C#C[CH]c1ccc(Cl)c(Cl)c1. The quantitative estimate of drug-likeness (QED) is 0.588. The molecule has 0 aliphatic heterocycles. The molecule has 0 spiro atoms. The maximum atomic E-state index is 5.73. The van der Waals surface area contributed by atoms with Crippen LogP contribution in [0.2, 0.25) is 10.0 Å². The van der Waals surface area contributed by atoms with Gasteiger partial charge in [-0.15, -0.1) is 6.42 Å². The third-order valence-electron chi connectivity index (χ3n) is 1.19. The Hall–Kier alpha value is -0.640. The topological polar surface area (TPSA) is 0 Å². The Morgan fingerprint density at radius 1 is 1.27 bits per heavy atom. The summed E-state index contributed by atoms with van der Waals surface area (Å²) in [6.45, 7) is 0. The molecule has 1 rings (SSSR count). The minimum Gasteiger partial charge on any atom is -0.119 e. The highest BCUT2D eigenvalue weighted by Crippen LogP contribution is 2.22. The summed E-state index contributed by atoms with van der Waals surface area (Å²) in [6, 6.07) is 5.25. The van der Waals surface area contributed by atoms with E-state index in [2.05, 4.69) is 5.92 Å². The number of hydrogen-bond donors (Lipinski definition) is 0. The lowest BCUT2D eigenvalue weighted by Crippen LogP contribution is -1.77. The number of benzene rings is 1. The molecule has 0 bridgehead atoms. The number of hydrogen-bond acceptors (Lipinski definition) is 0. The van der Waals surface area contributed by atoms with Gasteiger partial charge in [0.25, 0.3) is 0 Å². The summed E-state index contributed by atoms with van der Waals surface area (Å²) in [5.41, 5.74) is 0.891. The van der Waals surface area contributed by atoms with Gasteiger partial charge in [-0.2, -0.15) is 0 Å². The zero-order chi connectivity index (χ0) is 8.27. The van der Waals surface area contributed by atoms with Gasteiger partial charge in [0, 0.05) is 0 Å². The molecule has 11 heavy (non-hydrogen) atoms. The first-order valence-electron chi connectivity index (χ1n) is 2.98. The van der Waals surface area contributed by atoms with Crippen LogP contribution in [0.25, 0.3) is 0 Å². The van der Waals surface area contributed by atoms with E-state index in [9.17, 15) is 0 Å². The van der Waals surface area contributed by atoms with E-state index in [0.717, 1.165) is 5.56 Å². The van der Waals surface area contributed by atoms with Crippen molar-refractivity contribution in [2.45, 2.75) is 0 Å². The highest BCUT2D eigenvalue weighted by Gasteiger charge is 1.97. The molecule has 0 fully saturated rings. The summed E-state index contributed by atoms with van der Waals surface area (Å²) in [6.07, 6.45) is 6.69. The first kappa shape index (κ1) is 8.46. The molecule has 0 saturated carbocycles. The highest BCUT2D eigenvalue weighted by atomic mass is 35.5. The molecule has 0 aliphatic carbocycles. The molecule has 0 unspecified atom stereocenters. The summed E-state index contributed by atoms with van der Waals surface area (Å²) in [7, 11) is 0. The standard InChI is InChI=1S/C9H5Cl2/c1-2-3-7-4-5-8(10)9(11)6-7/h1,3-6H. The van der Waals surface area contributed by atoms with Crippen LogP contribution in [0.1, 0.15) is 5.56 Å². The fourth-order valence-electron chi connectivity index (χ4n) is 0.698. The fourth-order valence-corrected chi connectivity index (χ4v) is 1.00. The summed E-state index contributed by atoms with van der Waals surface area (Å²) < 4.78 is 0. The summed E-state index contributed by atoms with van der Waals surface area (Å²) in [4.78, 5) is 0. The lowest BCUT2D eigenvalue weighted by Gasteiger charge is -1.97. The Bertz CT molecular complexity index is 297. The van der Waals surface area contributed by atoms with E-state index in [1.807, 2.05) is 6.07 Å². The lowest BCUT2D eigenvalue weighted by atomic mass is 10.2. The molecule has 0 nitrogen and oxygen atoms in total. The van der Waals surface area contributed by atoms with Crippen LogP contribution in [0, 0.1) is 18.8 Å². The predicted octanol–water partition coefficient (Wildman–Crippen LogP) is 3.18. The maximum absolute atomic E-state index is 5.73. The van der Waals surface area contributed by atoms with E-state index in [0.29, 0.717) is 10.0 Å². The molecule has 0 aliphatic rings. The zero-order valence-corrected chi connectivity index (χ0v) is 7.15. The second-order valence-electron chi connectivity index (χ2n) is 1.98. The van der Waals surface area contributed by atoms with Crippen molar-refractivity contribution in [1.82, 2.24) is 0 Å². The lowest BCUT2D eigenvalue weighted by molar-refractivity contribution is 1.55. The van der Waals surface area contributed by atoms with Crippen LogP contribution < -0.4 is 0 Å². The van der Waals surface area contributed by atoms with Gasteiger partial charge in [-0.05, 0) is 17.7 Å². The molecule has 2 heteroatoms. The van der Waals surface area contributed by atoms with Crippen molar-refractivity contribution in [3.05, 3.63) is 40.2 Å². The molecule has 0 saturated heterocycles. The van der Waals surface area contributed by atoms with Gasteiger partial charge in [0.2, 0.25) is 0 Å². The second kappa shape index (κ2) is 3.67. The van der Waals surface area contributed by atoms with E-state index >= 15 is 0 Å². The molecular weight excluding hydrogens is 179 g/mol. The second-order valence-corrected chi connectivity index (χ2v) is 2.80. The van der Waals surface area contributed by atoms with Crippen molar-refractivity contribution in [3.8, 4) is 12.3 Å².